The second-order valence-corrected chi connectivity index (χ2v) is 5.25. The monoisotopic (exact) mass is 307 g/mol. The van der Waals surface area contributed by atoms with Gasteiger partial charge in [-0.15, -0.1) is 0 Å². The van der Waals surface area contributed by atoms with E-state index in [9.17, 15) is 9.59 Å². The van der Waals surface area contributed by atoms with Gasteiger partial charge in [-0.25, -0.2) is 4.79 Å². The van der Waals surface area contributed by atoms with Crippen LogP contribution in [0.1, 0.15) is 23.1 Å². The Morgan fingerprint density at radius 2 is 1.78 bits per heavy atom. The minimum atomic E-state index is -0.826. The molecule has 0 atom stereocenters. The Hall–Kier alpha value is -2.88. The predicted octanol–water partition coefficient (Wildman–Crippen LogP) is 3.66. The summed E-state index contributed by atoms with van der Waals surface area (Å²) >= 11 is 0. The zero-order valence-corrected chi connectivity index (χ0v) is 13.1. The van der Waals surface area contributed by atoms with Crippen LogP contribution in [0.3, 0.4) is 0 Å². The van der Waals surface area contributed by atoms with E-state index in [1.54, 1.807) is 6.92 Å². The fraction of sp³-hybridized carbons (Fsp3) is 0.158. The van der Waals surface area contributed by atoms with Gasteiger partial charge in [0.25, 0.3) is 5.78 Å². The molecule has 0 saturated heterocycles. The van der Waals surface area contributed by atoms with E-state index in [-0.39, 0.29) is 6.61 Å². The number of benzene rings is 1. The normalized spacial score (nSPS) is 10.7. The van der Waals surface area contributed by atoms with Gasteiger partial charge in [-0.05, 0) is 37.6 Å². The van der Waals surface area contributed by atoms with E-state index < -0.39 is 11.8 Å². The van der Waals surface area contributed by atoms with Gasteiger partial charge < -0.3 is 9.14 Å². The quantitative estimate of drug-likeness (QED) is 0.420. The maximum Gasteiger partial charge on any atom is 0.381 e. The van der Waals surface area contributed by atoms with Crippen molar-refractivity contribution in [3.63, 3.8) is 0 Å². The van der Waals surface area contributed by atoms with Gasteiger partial charge in [0, 0.05) is 16.8 Å². The van der Waals surface area contributed by atoms with Crippen LogP contribution in [-0.4, -0.2) is 22.8 Å². The molecule has 1 aromatic carbocycles. The van der Waals surface area contributed by atoms with Gasteiger partial charge in [0.2, 0.25) is 0 Å². The number of hydrogen-bond acceptors (Lipinski definition) is 3. The highest BCUT2D eigenvalue weighted by atomic mass is 16.5. The lowest BCUT2D eigenvalue weighted by Gasteiger charge is -2.08. The molecular formula is C19H17NO3. The standard InChI is InChI=1S/C19H17NO3/c1-3-23-19(22)18(21)17-16(14-9-5-4-6-10-14)12-15-11-7-8-13(2)20(15)17/h4-12H,3H2,1-2H3. The van der Waals surface area contributed by atoms with Gasteiger partial charge in [0.05, 0.1) is 6.61 Å². The van der Waals surface area contributed by atoms with Crippen LogP contribution in [0.15, 0.2) is 54.6 Å². The van der Waals surface area contributed by atoms with Crippen LogP contribution in [0.2, 0.25) is 0 Å². The SMILES string of the molecule is CCOC(=O)C(=O)c1c(-c2ccccc2)cc2cccc(C)n12. The summed E-state index contributed by atoms with van der Waals surface area (Å²) in [7, 11) is 0. The summed E-state index contributed by atoms with van der Waals surface area (Å²) in [6, 6.07) is 17.2. The van der Waals surface area contributed by atoms with Crippen molar-refractivity contribution >= 4 is 17.3 Å². The van der Waals surface area contributed by atoms with Crippen LogP contribution >= 0.6 is 0 Å². The molecule has 0 radical (unpaired) electrons. The number of ether oxygens (including phenoxy) is 1. The van der Waals surface area contributed by atoms with Gasteiger partial charge >= 0.3 is 5.97 Å². The van der Waals surface area contributed by atoms with E-state index in [2.05, 4.69) is 0 Å². The first-order valence-corrected chi connectivity index (χ1v) is 7.51. The number of carbonyl (C=O) groups is 2. The van der Waals surface area contributed by atoms with Crippen molar-refractivity contribution in [1.29, 1.82) is 0 Å². The maximum atomic E-state index is 12.7. The molecule has 4 heteroatoms. The summed E-state index contributed by atoms with van der Waals surface area (Å²) < 4.78 is 6.71. The second-order valence-electron chi connectivity index (χ2n) is 5.25. The number of rotatable bonds is 4. The van der Waals surface area contributed by atoms with Gasteiger partial charge in [0.1, 0.15) is 5.69 Å². The minimum absolute atomic E-state index is 0.174. The van der Waals surface area contributed by atoms with Crippen molar-refractivity contribution in [2.45, 2.75) is 13.8 Å². The summed E-state index contributed by atoms with van der Waals surface area (Å²) in [6.07, 6.45) is 0. The van der Waals surface area contributed by atoms with Crippen molar-refractivity contribution in [2.75, 3.05) is 6.61 Å². The van der Waals surface area contributed by atoms with Gasteiger partial charge in [-0.1, -0.05) is 36.4 Å². The Balaban J connectivity index is 2.28. The van der Waals surface area contributed by atoms with Crippen LogP contribution in [0.4, 0.5) is 0 Å². The van der Waals surface area contributed by atoms with Gasteiger partial charge in [0.15, 0.2) is 0 Å². The van der Waals surface area contributed by atoms with Gasteiger partial charge in [-0.2, -0.15) is 0 Å². The molecule has 0 spiro atoms. The minimum Gasteiger partial charge on any atom is -0.460 e. The van der Waals surface area contributed by atoms with Crippen LogP contribution in [0, 0.1) is 6.92 Å². The Kier molecular flexibility index (Phi) is 3.98. The number of pyridine rings is 1. The summed E-state index contributed by atoms with van der Waals surface area (Å²) in [4.78, 5) is 24.7. The fourth-order valence-electron chi connectivity index (χ4n) is 2.75. The molecule has 0 N–H and O–H groups in total. The highest BCUT2D eigenvalue weighted by molar-refractivity contribution is 6.41. The zero-order valence-electron chi connectivity index (χ0n) is 13.1. The number of carbonyl (C=O) groups excluding carboxylic acids is 2. The number of Topliss-reactive ketones (excluding diaryl/α,β-unsaturated/α-hetero) is 1. The summed E-state index contributed by atoms with van der Waals surface area (Å²) in [6.45, 7) is 3.77. The van der Waals surface area contributed by atoms with Crippen molar-refractivity contribution in [2.24, 2.45) is 0 Å². The smallest absolute Gasteiger partial charge is 0.381 e. The first-order valence-electron chi connectivity index (χ1n) is 7.51. The zero-order chi connectivity index (χ0) is 16.4. The highest BCUT2D eigenvalue weighted by Crippen LogP contribution is 2.29. The molecule has 4 nitrogen and oxygen atoms in total. The van der Waals surface area contributed by atoms with E-state index in [1.807, 2.05) is 65.9 Å². The molecule has 3 aromatic rings. The molecule has 2 aromatic heterocycles. The maximum absolute atomic E-state index is 12.7. The number of esters is 1. The van der Waals surface area contributed by atoms with Crippen molar-refractivity contribution in [1.82, 2.24) is 4.40 Å². The van der Waals surface area contributed by atoms with Crippen molar-refractivity contribution in [3.8, 4) is 11.1 Å². The molecule has 0 aliphatic carbocycles. The van der Waals surface area contributed by atoms with E-state index in [1.165, 1.54) is 0 Å². The third-order valence-corrected chi connectivity index (χ3v) is 3.75. The Morgan fingerprint density at radius 1 is 1.04 bits per heavy atom. The topological polar surface area (TPSA) is 47.8 Å². The number of nitrogens with zero attached hydrogens (tertiary/aromatic N) is 1. The van der Waals surface area contributed by atoms with E-state index in [0.29, 0.717) is 5.69 Å². The molecule has 0 aliphatic rings. The predicted molar refractivity (Wildman–Crippen MR) is 88.5 cm³/mol. The third-order valence-electron chi connectivity index (χ3n) is 3.75. The molecule has 2 heterocycles. The summed E-state index contributed by atoms with van der Waals surface area (Å²) in [5.74, 6) is -1.45. The molecule has 0 bridgehead atoms. The number of aromatic nitrogens is 1. The van der Waals surface area contributed by atoms with Crippen LogP contribution in [-0.2, 0) is 9.53 Å². The molecule has 0 aliphatic heterocycles. The lowest BCUT2D eigenvalue weighted by molar-refractivity contribution is -0.137. The molecule has 0 unspecified atom stereocenters. The molecule has 0 amide bonds. The second kappa shape index (κ2) is 6.08. The van der Waals surface area contributed by atoms with Crippen LogP contribution in [0.25, 0.3) is 16.6 Å². The Bertz CT molecular complexity index is 878. The molecule has 116 valence electrons. The number of aryl methyl sites for hydroxylation is 1. The highest BCUT2D eigenvalue weighted by Gasteiger charge is 2.26. The first kappa shape index (κ1) is 15.0. The van der Waals surface area contributed by atoms with E-state index >= 15 is 0 Å². The molecular weight excluding hydrogens is 290 g/mol. The lowest BCUT2D eigenvalue weighted by Crippen LogP contribution is -2.20. The summed E-state index contributed by atoms with van der Waals surface area (Å²) in [5, 5.41) is 0. The van der Waals surface area contributed by atoms with Gasteiger partial charge in [-0.3, -0.25) is 4.79 Å². The summed E-state index contributed by atoms with van der Waals surface area (Å²) in [5.41, 5.74) is 3.73. The average Bonchev–Trinajstić information content (AvgIpc) is 2.96. The van der Waals surface area contributed by atoms with E-state index in [4.69, 9.17) is 4.74 Å². The Labute approximate surface area is 134 Å². The molecule has 23 heavy (non-hydrogen) atoms. The molecule has 3 rings (SSSR count). The van der Waals surface area contributed by atoms with Crippen molar-refractivity contribution < 1.29 is 14.3 Å². The third kappa shape index (κ3) is 2.63. The largest absolute Gasteiger partial charge is 0.460 e. The van der Waals surface area contributed by atoms with Crippen LogP contribution < -0.4 is 0 Å². The molecule has 0 saturated carbocycles. The molecule has 0 fully saturated rings. The number of fused-ring (bicyclic) bond motifs is 1. The number of ketones is 1. The van der Waals surface area contributed by atoms with E-state index in [0.717, 1.165) is 22.3 Å². The lowest BCUT2D eigenvalue weighted by atomic mass is 10.0. The van der Waals surface area contributed by atoms with Crippen molar-refractivity contribution in [3.05, 3.63) is 66.0 Å². The average molecular weight is 307 g/mol. The first-order chi connectivity index (χ1) is 11.1. The van der Waals surface area contributed by atoms with Crippen LogP contribution in [0.5, 0.6) is 0 Å². The number of hydrogen-bond donors (Lipinski definition) is 0. The Morgan fingerprint density at radius 3 is 2.48 bits per heavy atom. The fourth-order valence-corrected chi connectivity index (χ4v) is 2.75.